The molecule has 0 bridgehead atoms. The van der Waals surface area contributed by atoms with Gasteiger partial charge in [-0.25, -0.2) is 8.42 Å². The van der Waals surface area contributed by atoms with Crippen molar-refractivity contribution in [1.82, 2.24) is 15.4 Å². The number of amidine groups is 1. The second kappa shape index (κ2) is 15.5. The highest BCUT2D eigenvalue weighted by Gasteiger charge is 2.31. The molecule has 0 spiro atoms. The molecule has 2 atom stereocenters. The minimum Gasteiger partial charge on any atom is -0.384 e. The zero-order chi connectivity index (χ0) is 34.1. The average molecular weight is 663 g/mol. The molecule has 0 heterocycles. The Balaban J connectivity index is 1.45. The maximum atomic E-state index is 14.3. The Hall–Kier alpha value is -5.36. The molecular weight excluding hydrogens is 625 g/mol. The molecule has 8 N–H and O–H groups in total. The van der Waals surface area contributed by atoms with Gasteiger partial charge in [-0.15, -0.1) is 0 Å². The Bertz CT molecular complexity index is 2010. The summed E-state index contributed by atoms with van der Waals surface area (Å²) < 4.78 is 29.7. The first kappa shape index (κ1) is 34.0. The van der Waals surface area contributed by atoms with Crippen molar-refractivity contribution in [2.45, 2.75) is 37.3 Å². The molecule has 2 amide bonds. The molecule has 2 unspecified atom stereocenters. The summed E-state index contributed by atoms with van der Waals surface area (Å²) in [4.78, 5) is 28.0. The summed E-state index contributed by atoms with van der Waals surface area (Å²) in [7, 11) is -4.02. The topological polar surface area (TPSA) is 180 Å². The number of rotatable bonds is 14. The highest BCUT2D eigenvalue weighted by atomic mass is 32.2. The van der Waals surface area contributed by atoms with E-state index in [0.29, 0.717) is 28.6 Å². The van der Waals surface area contributed by atoms with Crippen molar-refractivity contribution in [3.8, 4) is 0 Å². The number of hydrogen-bond acceptors (Lipinski definition) is 6. The zero-order valence-electron chi connectivity index (χ0n) is 26.2. The molecule has 5 aromatic carbocycles. The summed E-state index contributed by atoms with van der Waals surface area (Å²) in [5.41, 5.74) is 15.4. The summed E-state index contributed by atoms with van der Waals surface area (Å²) in [6, 6.07) is 33.4. The van der Waals surface area contributed by atoms with Crippen LogP contribution >= 0.6 is 0 Å². The molecule has 0 aromatic heterocycles. The van der Waals surface area contributed by atoms with E-state index in [9.17, 15) is 18.0 Å². The minimum atomic E-state index is -4.02. The predicted molar refractivity (Wildman–Crippen MR) is 188 cm³/mol. The molecule has 10 nitrogen and oxygen atoms in total. The second-order valence-corrected chi connectivity index (χ2v) is 13.2. The second-order valence-electron chi connectivity index (χ2n) is 11.5. The summed E-state index contributed by atoms with van der Waals surface area (Å²) in [5, 5.41) is 14.9. The highest BCUT2D eigenvalue weighted by molar-refractivity contribution is 7.88. The first-order valence-electron chi connectivity index (χ1n) is 15.4. The third kappa shape index (κ3) is 8.91. The van der Waals surface area contributed by atoms with Gasteiger partial charge in [-0.2, -0.15) is 4.72 Å². The quantitative estimate of drug-likeness (QED) is 0.0778. The Labute approximate surface area is 280 Å². The molecule has 0 saturated heterocycles. The van der Waals surface area contributed by atoms with E-state index >= 15 is 0 Å². The fraction of sp³-hybridized carbons (Fsp3) is 0.162. The van der Waals surface area contributed by atoms with Crippen LogP contribution < -0.4 is 26.8 Å². The molecule has 246 valence electrons. The van der Waals surface area contributed by atoms with E-state index in [1.807, 2.05) is 54.6 Å². The van der Waals surface area contributed by atoms with Crippen molar-refractivity contribution in [1.29, 1.82) is 5.41 Å². The van der Waals surface area contributed by atoms with Crippen molar-refractivity contribution >= 4 is 38.4 Å². The first-order chi connectivity index (χ1) is 23.1. The molecule has 0 saturated carbocycles. The van der Waals surface area contributed by atoms with Crippen LogP contribution in [-0.2, 0) is 44.9 Å². The zero-order valence-corrected chi connectivity index (χ0v) is 27.0. The maximum absolute atomic E-state index is 14.3. The van der Waals surface area contributed by atoms with Gasteiger partial charge >= 0.3 is 0 Å². The van der Waals surface area contributed by atoms with Gasteiger partial charge in [0, 0.05) is 25.1 Å². The van der Waals surface area contributed by atoms with E-state index in [-0.39, 0.29) is 24.6 Å². The smallest absolute Gasteiger partial charge is 0.243 e. The van der Waals surface area contributed by atoms with Gasteiger partial charge in [-0.1, -0.05) is 121 Å². The van der Waals surface area contributed by atoms with Gasteiger partial charge in [0.2, 0.25) is 21.8 Å². The van der Waals surface area contributed by atoms with Gasteiger partial charge in [-0.05, 0) is 38.6 Å². The molecule has 5 aromatic rings. The number of fused-ring (bicyclic) bond motifs is 1. The number of carbonyl (C=O) groups is 2. The number of nitrogens with two attached hydrogens (primary N) is 2. The average Bonchev–Trinajstić information content (AvgIpc) is 3.09. The van der Waals surface area contributed by atoms with E-state index in [4.69, 9.17) is 16.9 Å². The maximum Gasteiger partial charge on any atom is 0.243 e. The van der Waals surface area contributed by atoms with Crippen LogP contribution in [0.2, 0.25) is 0 Å². The highest BCUT2D eigenvalue weighted by Crippen LogP contribution is 2.26. The van der Waals surface area contributed by atoms with Gasteiger partial charge < -0.3 is 22.1 Å². The van der Waals surface area contributed by atoms with E-state index in [1.54, 1.807) is 66.7 Å². The van der Waals surface area contributed by atoms with Gasteiger partial charge in [0.1, 0.15) is 17.9 Å². The van der Waals surface area contributed by atoms with Crippen LogP contribution in [0, 0.1) is 5.41 Å². The fourth-order valence-corrected chi connectivity index (χ4v) is 6.78. The van der Waals surface area contributed by atoms with Crippen LogP contribution in [0.4, 0.5) is 0 Å². The largest absolute Gasteiger partial charge is 0.384 e. The summed E-state index contributed by atoms with van der Waals surface area (Å²) in [6.45, 7) is 0.461. The van der Waals surface area contributed by atoms with E-state index in [0.717, 1.165) is 22.1 Å². The lowest BCUT2D eigenvalue weighted by Gasteiger charge is -2.24. The molecular formula is C37H38N6O4S. The van der Waals surface area contributed by atoms with Crippen molar-refractivity contribution in [2.24, 2.45) is 11.5 Å². The Morgan fingerprint density at radius 1 is 0.729 bits per heavy atom. The Morgan fingerprint density at radius 3 is 2.10 bits per heavy atom. The summed E-state index contributed by atoms with van der Waals surface area (Å²) >= 11 is 0. The molecule has 0 aliphatic rings. The molecule has 0 fully saturated rings. The van der Waals surface area contributed by atoms with Crippen LogP contribution in [0.5, 0.6) is 0 Å². The van der Waals surface area contributed by atoms with Crippen LogP contribution in [0.1, 0.15) is 39.4 Å². The molecule has 0 aliphatic carbocycles. The van der Waals surface area contributed by atoms with Gasteiger partial charge in [0.05, 0.1) is 5.75 Å². The van der Waals surface area contributed by atoms with Crippen LogP contribution in [-0.4, -0.2) is 32.1 Å². The Kier molecular flexibility index (Phi) is 11.0. The first-order valence-corrected chi connectivity index (χ1v) is 17.1. The van der Waals surface area contributed by atoms with E-state index in [1.165, 1.54) is 0 Å². The van der Waals surface area contributed by atoms with Gasteiger partial charge in [0.15, 0.2) is 0 Å². The van der Waals surface area contributed by atoms with Crippen LogP contribution in [0.25, 0.3) is 10.8 Å². The molecule has 0 aliphatic heterocycles. The summed E-state index contributed by atoms with van der Waals surface area (Å²) in [5.74, 6) is -1.53. The number of hydrogen-bond donors (Lipinski definition) is 6. The normalized spacial score (nSPS) is 12.6. The van der Waals surface area contributed by atoms with Gasteiger partial charge in [-0.3, -0.25) is 15.0 Å². The summed E-state index contributed by atoms with van der Waals surface area (Å²) in [6.07, 6.45) is 0.133. The number of sulfonamides is 1. The number of nitrogen functional groups attached to an aromatic ring is 1. The van der Waals surface area contributed by atoms with Crippen molar-refractivity contribution < 1.29 is 18.0 Å². The number of amides is 2. The Morgan fingerprint density at radius 2 is 1.38 bits per heavy atom. The molecule has 48 heavy (non-hydrogen) atoms. The minimum absolute atomic E-state index is 0.0618. The van der Waals surface area contributed by atoms with Crippen molar-refractivity contribution in [2.75, 3.05) is 0 Å². The van der Waals surface area contributed by atoms with Crippen LogP contribution in [0.15, 0.2) is 121 Å². The van der Waals surface area contributed by atoms with E-state index in [2.05, 4.69) is 15.4 Å². The number of nitrogens with one attached hydrogen (secondary N) is 4. The lowest BCUT2D eigenvalue weighted by Crippen LogP contribution is -2.51. The molecule has 5 rings (SSSR count). The van der Waals surface area contributed by atoms with E-state index < -0.39 is 33.9 Å². The van der Waals surface area contributed by atoms with Crippen molar-refractivity contribution in [3.05, 3.63) is 155 Å². The van der Waals surface area contributed by atoms with Gasteiger partial charge in [0.25, 0.3) is 0 Å². The standard InChI is InChI=1S/C37H38N6O4S/c38-22-28-11-6-10-27(20-28)21-33(36(44)41-23-25-16-18-30(19-17-25)35(39)40)42-37(45)34(32-15-7-13-29-12-4-5-14-31(29)32)43-48(46,47)24-26-8-2-1-3-9-26/h1-20,33-34,43H,21-24,38H2,(H3,39,40)(H,41,44)(H,42,45). The lowest BCUT2D eigenvalue weighted by molar-refractivity contribution is -0.130. The molecule has 0 radical (unpaired) electrons. The number of carbonyl (C=O) groups excluding carboxylic acids is 2. The monoisotopic (exact) mass is 662 g/mol. The lowest BCUT2D eigenvalue weighted by atomic mass is 9.97. The van der Waals surface area contributed by atoms with Crippen LogP contribution in [0.3, 0.4) is 0 Å². The predicted octanol–water partition coefficient (Wildman–Crippen LogP) is 3.79. The third-order valence-corrected chi connectivity index (χ3v) is 9.23. The SMILES string of the molecule is N=C(N)c1ccc(CNC(=O)C(Cc2cccc(CN)c2)NC(=O)C(NS(=O)(=O)Cc2ccccc2)c2cccc3ccccc23)cc1. The fourth-order valence-electron chi connectivity index (χ4n) is 5.47. The van der Waals surface area contributed by atoms with Crippen molar-refractivity contribution in [3.63, 3.8) is 0 Å². The third-order valence-electron chi connectivity index (χ3n) is 7.93. The molecule has 11 heteroatoms. The number of benzene rings is 5.